The van der Waals surface area contributed by atoms with Crippen LogP contribution in [0.5, 0.6) is 5.75 Å². The third-order valence-electron chi connectivity index (χ3n) is 3.16. The number of benzene rings is 1. The monoisotopic (exact) mass is 291 g/mol. The summed E-state index contributed by atoms with van der Waals surface area (Å²) in [5.41, 5.74) is 10.6. The standard InChI is InChI=1S/C15H21N3O3/c1-4-21-15(19)7-5-6-13(17-18-16)12-8-9-14(20-3)11(2)10-12/h8-10,13H,4-7H2,1-3H3. The fourth-order valence-corrected chi connectivity index (χ4v) is 2.14. The quantitative estimate of drug-likeness (QED) is 0.313. The average molecular weight is 291 g/mol. The van der Waals surface area contributed by atoms with Gasteiger partial charge in [0.1, 0.15) is 5.75 Å². The minimum atomic E-state index is -0.283. The molecule has 0 spiro atoms. The maximum absolute atomic E-state index is 11.3. The molecule has 1 aromatic carbocycles. The molecule has 0 amide bonds. The number of rotatable bonds is 8. The highest BCUT2D eigenvalue weighted by Crippen LogP contribution is 2.28. The zero-order chi connectivity index (χ0) is 15.7. The van der Waals surface area contributed by atoms with E-state index in [0.717, 1.165) is 16.9 Å². The number of aryl methyl sites for hydroxylation is 1. The summed E-state index contributed by atoms with van der Waals surface area (Å²) in [6, 6.07) is 5.41. The molecule has 1 aromatic rings. The summed E-state index contributed by atoms with van der Waals surface area (Å²) < 4.78 is 10.1. The highest BCUT2D eigenvalue weighted by Gasteiger charge is 2.12. The van der Waals surface area contributed by atoms with Crippen LogP contribution in [0.2, 0.25) is 0 Å². The van der Waals surface area contributed by atoms with Gasteiger partial charge in [-0.15, -0.1) is 0 Å². The smallest absolute Gasteiger partial charge is 0.305 e. The molecule has 0 aliphatic rings. The zero-order valence-corrected chi connectivity index (χ0v) is 12.7. The van der Waals surface area contributed by atoms with E-state index in [1.165, 1.54) is 0 Å². The van der Waals surface area contributed by atoms with Crippen molar-refractivity contribution >= 4 is 5.97 Å². The molecular weight excluding hydrogens is 270 g/mol. The molecule has 6 heteroatoms. The highest BCUT2D eigenvalue weighted by atomic mass is 16.5. The van der Waals surface area contributed by atoms with Gasteiger partial charge in [-0.2, -0.15) is 0 Å². The van der Waals surface area contributed by atoms with Crippen molar-refractivity contribution in [2.75, 3.05) is 13.7 Å². The first-order valence-electron chi connectivity index (χ1n) is 6.96. The molecule has 0 fully saturated rings. The van der Waals surface area contributed by atoms with Gasteiger partial charge in [0.05, 0.1) is 19.8 Å². The lowest BCUT2D eigenvalue weighted by molar-refractivity contribution is -0.143. The van der Waals surface area contributed by atoms with Crippen LogP contribution in [0.3, 0.4) is 0 Å². The lowest BCUT2D eigenvalue weighted by Crippen LogP contribution is -2.04. The number of hydrogen-bond donors (Lipinski definition) is 0. The molecular formula is C15H21N3O3. The summed E-state index contributed by atoms with van der Waals surface area (Å²) in [5, 5.41) is 3.82. The molecule has 0 heterocycles. The molecule has 6 nitrogen and oxygen atoms in total. The van der Waals surface area contributed by atoms with E-state index in [0.29, 0.717) is 25.9 Å². The maximum Gasteiger partial charge on any atom is 0.305 e. The van der Waals surface area contributed by atoms with Gasteiger partial charge >= 0.3 is 5.97 Å². The van der Waals surface area contributed by atoms with Gasteiger partial charge in [-0.05, 0) is 49.4 Å². The molecule has 0 radical (unpaired) electrons. The van der Waals surface area contributed by atoms with Gasteiger partial charge in [0.2, 0.25) is 0 Å². The Bertz CT molecular complexity index is 525. The third-order valence-corrected chi connectivity index (χ3v) is 3.16. The second-order valence-corrected chi connectivity index (χ2v) is 4.65. The normalized spacial score (nSPS) is 11.4. The molecule has 1 unspecified atom stereocenters. The lowest BCUT2D eigenvalue weighted by Gasteiger charge is -2.13. The highest BCUT2D eigenvalue weighted by molar-refractivity contribution is 5.69. The number of methoxy groups -OCH3 is 1. The zero-order valence-electron chi connectivity index (χ0n) is 12.7. The largest absolute Gasteiger partial charge is 0.496 e. The van der Waals surface area contributed by atoms with Crippen molar-refractivity contribution < 1.29 is 14.3 Å². The summed E-state index contributed by atoms with van der Waals surface area (Å²) in [7, 11) is 1.62. The van der Waals surface area contributed by atoms with Crippen molar-refractivity contribution in [1.82, 2.24) is 0 Å². The topological polar surface area (TPSA) is 84.3 Å². The van der Waals surface area contributed by atoms with Crippen LogP contribution in [0.4, 0.5) is 0 Å². The van der Waals surface area contributed by atoms with Crippen molar-refractivity contribution in [3.63, 3.8) is 0 Å². The Hall–Kier alpha value is -2.20. The molecule has 1 atom stereocenters. The molecule has 1 rings (SSSR count). The minimum Gasteiger partial charge on any atom is -0.496 e. The van der Waals surface area contributed by atoms with Crippen molar-refractivity contribution in [2.45, 2.75) is 39.2 Å². The Kier molecular flexibility index (Phi) is 7.12. The Morgan fingerprint density at radius 1 is 1.48 bits per heavy atom. The van der Waals surface area contributed by atoms with E-state index < -0.39 is 0 Å². The maximum atomic E-state index is 11.3. The Labute approximate surface area is 124 Å². The van der Waals surface area contributed by atoms with Crippen LogP contribution >= 0.6 is 0 Å². The van der Waals surface area contributed by atoms with Crippen LogP contribution in [0, 0.1) is 6.92 Å². The van der Waals surface area contributed by atoms with Crippen molar-refractivity contribution in [1.29, 1.82) is 0 Å². The number of nitrogens with zero attached hydrogens (tertiary/aromatic N) is 3. The molecule has 0 N–H and O–H groups in total. The Morgan fingerprint density at radius 2 is 2.24 bits per heavy atom. The number of esters is 1. The minimum absolute atomic E-state index is 0.219. The number of hydrogen-bond acceptors (Lipinski definition) is 4. The van der Waals surface area contributed by atoms with Gasteiger partial charge in [0, 0.05) is 11.3 Å². The first kappa shape index (κ1) is 16.9. The predicted molar refractivity (Wildman–Crippen MR) is 80.1 cm³/mol. The molecule has 0 aliphatic heterocycles. The fraction of sp³-hybridized carbons (Fsp3) is 0.533. The molecule has 0 aliphatic carbocycles. The van der Waals surface area contributed by atoms with Gasteiger partial charge in [0.25, 0.3) is 0 Å². The van der Waals surface area contributed by atoms with Crippen LogP contribution in [-0.2, 0) is 9.53 Å². The van der Waals surface area contributed by atoms with Gasteiger partial charge in [-0.1, -0.05) is 17.2 Å². The van der Waals surface area contributed by atoms with E-state index in [2.05, 4.69) is 10.0 Å². The van der Waals surface area contributed by atoms with E-state index >= 15 is 0 Å². The van der Waals surface area contributed by atoms with E-state index in [1.807, 2.05) is 25.1 Å². The van der Waals surface area contributed by atoms with E-state index in [1.54, 1.807) is 14.0 Å². The first-order chi connectivity index (χ1) is 10.1. The van der Waals surface area contributed by atoms with Crippen molar-refractivity contribution in [3.8, 4) is 5.75 Å². The predicted octanol–water partition coefficient (Wildman–Crippen LogP) is 4.09. The average Bonchev–Trinajstić information content (AvgIpc) is 2.46. The van der Waals surface area contributed by atoms with Crippen molar-refractivity contribution in [3.05, 3.63) is 39.8 Å². The van der Waals surface area contributed by atoms with E-state index in [4.69, 9.17) is 15.0 Å². The number of carbonyl (C=O) groups excluding carboxylic acids is 1. The van der Waals surface area contributed by atoms with Gasteiger partial charge in [-0.25, -0.2) is 0 Å². The van der Waals surface area contributed by atoms with Crippen LogP contribution in [0.15, 0.2) is 23.3 Å². The second kappa shape index (κ2) is 8.87. The summed E-state index contributed by atoms with van der Waals surface area (Å²) in [6.45, 7) is 4.10. The molecule has 0 aromatic heterocycles. The fourth-order valence-electron chi connectivity index (χ4n) is 2.14. The third kappa shape index (κ3) is 5.36. The van der Waals surface area contributed by atoms with E-state index in [9.17, 15) is 4.79 Å². The van der Waals surface area contributed by atoms with Gasteiger partial charge in [-0.3, -0.25) is 4.79 Å². The summed E-state index contributed by atoms with van der Waals surface area (Å²) in [6.07, 6.45) is 1.56. The summed E-state index contributed by atoms with van der Waals surface area (Å²) in [4.78, 5) is 14.2. The van der Waals surface area contributed by atoms with Crippen LogP contribution in [-0.4, -0.2) is 19.7 Å². The summed E-state index contributed by atoms with van der Waals surface area (Å²) >= 11 is 0. The Balaban J connectivity index is 2.71. The van der Waals surface area contributed by atoms with Crippen LogP contribution in [0.25, 0.3) is 10.4 Å². The van der Waals surface area contributed by atoms with Crippen molar-refractivity contribution in [2.24, 2.45) is 5.11 Å². The molecule has 0 bridgehead atoms. The first-order valence-corrected chi connectivity index (χ1v) is 6.96. The number of carbonyl (C=O) groups is 1. The van der Waals surface area contributed by atoms with Crippen LogP contribution < -0.4 is 4.74 Å². The van der Waals surface area contributed by atoms with Gasteiger partial charge < -0.3 is 9.47 Å². The molecule has 114 valence electrons. The lowest BCUT2D eigenvalue weighted by atomic mass is 9.99. The molecule has 21 heavy (non-hydrogen) atoms. The number of ether oxygens (including phenoxy) is 2. The van der Waals surface area contributed by atoms with Gasteiger partial charge in [0.15, 0.2) is 0 Å². The van der Waals surface area contributed by atoms with E-state index in [-0.39, 0.29) is 12.0 Å². The molecule has 0 saturated heterocycles. The molecule has 0 saturated carbocycles. The Morgan fingerprint density at radius 3 is 2.81 bits per heavy atom. The van der Waals surface area contributed by atoms with Crippen LogP contribution in [0.1, 0.15) is 43.4 Å². The second-order valence-electron chi connectivity index (χ2n) is 4.65. The number of azide groups is 1. The summed E-state index contributed by atoms with van der Waals surface area (Å²) in [5.74, 6) is 0.577. The SMILES string of the molecule is CCOC(=O)CCCC(N=[N+]=[N-])c1ccc(OC)c(C)c1.